The van der Waals surface area contributed by atoms with Crippen molar-refractivity contribution in [3.8, 4) is 0 Å². The first-order chi connectivity index (χ1) is 29.8. The van der Waals surface area contributed by atoms with Crippen LogP contribution in [0.5, 0.6) is 0 Å². The minimum atomic E-state index is -1.61. The third-order valence-electron chi connectivity index (χ3n) is 11.2. The van der Waals surface area contributed by atoms with Crippen LogP contribution in [0.25, 0.3) is 0 Å². The molecule has 0 aromatic rings. The SMILES string of the molecule is CCCCCCCC/C=C/C/C=C/CCC(=O)OC(COC(=O)CCCCCCCCC/C=C/C/C=C/CCCCCCCCCCC)CO[C@H]1O[C@@H](CO)[C@@H](O)C(O)C1O. The molecule has 3 unspecified atom stereocenters. The molecule has 0 aromatic heterocycles. The van der Waals surface area contributed by atoms with Crippen molar-refractivity contribution in [3.05, 3.63) is 48.6 Å². The largest absolute Gasteiger partial charge is 0.462 e. The van der Waals surface area contributed by atoms with Crippen molar-refractivity contribution in [1.82, 2.24) is 0 Å². The molecule has 1 heterocycles. The van der Waals surface area contributed by atoms with E-state index in [-0.39, 0.29) is 26.1 Å². The Bertz CT molecular complexity index is 1130. The molecule has 10 nitrogen and oxygen atoms in total. The van der Waals surface area contributed by atoms with Crippen LogP contribution in [-0.4, -0.2) is 89.0 Å². The molecule has 0 saturated carbocycles. The van der Waals surface area contributed by atoms with Gasteiger partial charge < -0.3 is 39.4 Å². The Hall–Kier alpha value is -2.34. The van der Waals surface area contributed by atoms with E-state index < -0.39 is 55.4 Å². The number of hydrogen-bond acceptors (Lipinski definition) is 10. The lowest BCUT2D eigenvalue weighted by Crippen LogP contribution is -2.59. The predicted octanol–water partition coefficient (Wildman–Crippen LogP) is 11.2. The lowest BCUT2D eigenvalue weighted by molar-refractivity contribution is -0.305. The summed E-state index contributed by atoms with van der Waals surface area (Å²) in [5, 5.41) is 40.1. The number of aliphatic hydroxyl groups excluding tert-OH is 4. The first-order valence-corrected chi connectivity index (χ1v) is 24.7. The molecule has 1 rings (SSSR count). The maximum atomic E-state index is 12.7. The minimum Gasteiger partial charge on any atom is -0.462 e. The Morgan fingerprint density at radius 2 is 0.951 bits per heavy atom. The van der Waals surface area contributed by atoms with Gasteiger partial charge in [0.25, 0.3) is 0 Å². The zero-order chi connectivity index (χ0) is 44.4. The maximum absolute atomic E-state index is 12.7. The molecule has 0 amide bonds. The van der Waals surface area contributed by atoms with E-state index in [1.165, 1.54) is 122 Å². The third kappa shape index (κ3) is 32.9. The van der Waals surface area contributed by atoms with Crippen LogP contribution in [0.4, 0.5) is 0 Å². The van der Waals surface area contributed by atoms with Crippen molar-refractivity contribution in [2.45, 2.75) is 243 Å². The standard InChI is InChI=1S/C51H90O10/c1-3-5-7-9-11-13-15-17-18-19-20-21-22-23-24-25-26-28-29-31-33-35-37-39-46(53)58-42-44(43-59-51-50(57)49(56)48(55)45(41-52)61-51)60-47(54)40-38-36-34-32-30-27-16-14-12-10-8-6-4-2/h20-21,23-24,27,30,34,36,44-45,48-52,55-57H,3-19,22,25-26,28-29,31-33,35,37-43H2,1-2H3/b21-20+,24-23+,30-27+,36-34+/t44?,45-,48+,49?,50?,51-/m0/s1. The monoisotopic (exact) mass is 863 g/mol. The average Bonchev–Trinajstić information content (AvgIpc) is 3.26. The molecule has 0 spiro atoms. The van der Waals surface area contributed by atoms with Gasteiger partial charge in [0.05, 0.1) is 13.2 Å². The molecular weight excluding hydrogens is 773 g/mol. The molecule has 0 aromatic carbocycles. The summed E-state index contributed by atoms with van der Waals surface area (Å²) in [5.41, 5.74) is 0. The molecular formula is C51H90O10. The van der Waals surface area contributed by atoms with Gasteiger partial charge in [-0.15, -0.1) is 0 Å². The van der Waals surface area contributed by atoms with Gasteiger partial charge in [0.2, 0.25) is 0 Å². The van der Waals surface area contributed by atoms with E-state index >= 15 is 0 Å². The number of allylic oxidation sites excluding steroid dienone is 8. The van der Waals surface area contributed by atoms with Gasteiger partial charge in [0.1, 0.15) is 31.0 Å². The van der Waals surface area contributed by atoms with E-state index in [0.717, 1.165) is 44.9 Å². The molecule has 1 aliphatic rings. The van der Waals surface area contributed by atoms with Gasteiger partial charge in [-0.05, 0) is 64.2 Å². The first kappa shape index (κ1) is 56.7. The highest BCUT2D eigenvalue weighted by atomic mass is 16.7. The number of carbonyl (C=O) groups excluding carboxylic acids is 2. The van der Waals surface area contributed by atoms with Crippen molar-refractivity contribution in [2.75, 3.05) is 19.8 Å². The highest BCUT2D eigenvalue weighted by molar-refractivity contribution is 5.70. The normalized spacial score (nSPS) is 20.1. The van der Waals surface area contributed by atoms with Gasteiger partial charge in [-0.3, -0.25) is 9.59 Å². The zero-order valence-electron chi connectivity index (χ0n) is 38.7. The Morgan fingerprint density at radius 3 is 1.43 bits per heavy atom. The number of rotatable bonds is 41. The first-order valence-electron chi connectivity index (χ1n) is 24.7. The number of carbonyl (C=O) groups is 2. The molecule has 1 aliphatic heterocycles. The quantitative estimate of drug-likeness (QED) is 0.0265. The van der Waals surface area contributed by atoms with Gasteiger partial charge in [-0.1, -0.05) is 178 Å². The number of unbranched alkanes of at least 4 members (excludes halogenated alkanes) is 22. The second kappa shape index (κ2) is 41.7. The minimum absolute atomic E-state index is 0.121. The van der Waals surface area contributed by atoms with E-state index in [0.29, 0.717) is 12.8 Å². The summed E-state index contributed by atoms with van der Waals surface area (Å²) in [4.78, 5) is 25.3. The van der Waals surface area contributed by atoms with Gasteiger partial charge in [0, 0.05) is 12.8 Å². The molecule has 1 fully saturated rings. The lowest BCUT2D eigenvalue weighted by Gasteiger charge is -2.39. The highest BCUT2D eigenvalue weighted by Crippen LogP contribution is 2.22. The number of ether oxygens (including phenoxy) is 4. The predicted molar refractivity (Wildman–Crippen MR) is 247 cm³/mol. The van der Waals surface area contributed by atoms with Crippen LogP contribution >= 0.6 is 0 Å². The lowest BCUT2D eigenvalue weighted by atomic mass is 9.99. The van der Waals surface area contributed by atoms with Crippen LogP contribution in [0, 0.1) is 0 Å². The topological polar surface area (TPSA) is 152 Å². The number of aliphatic hydroxyl groups is 4. The summed E-state index contributed by atoms with van der Waals surface area (Å²) < 4.78 is 22.1. The van der Waals surface area contributed by atoms with Crippen LogP contribution in [-0.2, 0) is 28.5 Å². The third-order valence-corrected chi connectivity index (χ3v) is 11.2. The van der Waals surface area contributed by atoms with E-state index in [1.54, 1.807) is 0 Å². The maximum Gasteiger partial charge on any atom is 0.306 e. The van der Waals surface area contributed by atoms with E-state index in [9.17, 15) is 30.0 Å². The smallest absolute Gasteiger partial charge is 0.306 e. The Labute approximate surface area is 371 Å². The number of hydrogen-bond donors (Lipinski definition) is 4. The Balaban J connectivity index is 2.28. The second-order valence-corrected chi connectivity index (χ2v) is 16.9. The fraction of sp³-hybridized carbons (Fsp3) is 0.804. The van der Waals surface area contributed by atoms with E-state index in [2.05, 4.69) is 50.3 Å². The zero-order valence-corrected chi connectivity index (χ0v) is 38.7. The van der Waals surface area contributed by atoms with Crippen molar-refractivity contribution in [1.29, 1.82) is 0 Å². The van der Waals surface area contributed by atoms with Crippen LogP contribution in [0.2, 0.25) is 0 Å². The summed E-state index contributed by atoms with van der Waals surface area (Å²) in [6.45, 7) is 3.36. The molecule has 6 atom stereocenters. The van der Waals surface area contributed by atoms with Crippen molar-refractivity contribution < 1.29 is 49.0 Å². The van der Waals surface area contributed by atoms with E-state index in [4.69, 9.17) is 18.9 Å². The van der Waals surface area contributed by atoms with Gasteiger partial charge in [-0.25, -0.2) is 0 Å². The van der Waals surface area contributed by atoms with Gasteiger partial charge >= 0.3 is 11.9 Å². The molecule has 61 heavy (non-hydrogen) atoms. The molecule has 0 radical (unpaired) electrons. The van der Waals surface area contributed by atoms with Crippen LogP contribution in [0.1, 0.15) is 206 Å². The fourth-order valence-electron chi connectivity index (χ4n) is 7.27. The average molecular weight is 863 g/mol. The molecule has 0 bridgehead atoms. The Morgan fingerprint density at radius 1 is 0.508 bits per heavy atom. The van der Waals surface area contributed by atoms with Crippen molar-refractivity contribution >= 4 is 11.9 Å². The highest BCUT2D eigenvalue weighted by Gasteiger charge is 2.44. The van der Waals surface area contributed by atoms with Crippen molar-refractivity contribution in [3.63, 3.8) is 0 Å². The summed E-state index contributed by atoms with van der Waals surface area (Å²) >= 11 is 0. The molecule has 0 aliphatic carbocycles. The van der Waals surface area contributed by atoms with E-state index in [1.807, 2.05) is 12.2 Å². The summed E-state index contributed by atoms with van der Waals surface area (Å²) in [6, 6.07) is 0. The molecule has 10 heteroatoms. The van der Waals surface area contributed by atoms with Crippen LogP contribution in [0.15, 0.2) is 48.6 Å². The molecule has 4 N–H and O–H groups in total. The molecule has 354 valence electrons. The fourth-order valence-corrected chi connectivity index (χ4v) is 7.27. The Kier molecular flexibility index (Phi) is 38.7. The van der Waals surface area contributed by atoms with Gasteiger partial charge in [0.15, 0.2) is 12.4 Å². The van der Waals surface area contributed by atoms with Crippen LogP contribution in [0.3, 0.4) is 0 Å². The van der Waals surface area contributed by atoms with Crippen LogP contribution < -0.4 is 0 Å². The summed E-state index contributed by atoms with van der Waals surface area (Å²) in [6.07, 6.45) is 42.8. The second-order valence-electron chi connectivity index (χ2n) is 16.9. The van der Waals surface area contributed by atoms with Crippen molar-refractivity contribution in [2.24, 2.45) is 0 Å². The summed E-state index contributed by atoms with van der Waals surface area (Å²) in [7, 11) is 0. The number of esters is 2. The van der Waals surface area contributed by atoms with Gasteiger partial charge in [-0.2, -0.15) is 0 Å². The molecule has 1 saturated heterocycles. The summed E-state index contributed by atoms with van der Waals surface area (Å²) in [5.74, 6) is -0.892.